The third-order valence-corrected chi connectivity index (χ3v) is 4.67. The minimum absolute atomic E-state index is 0. The molecule has 0 aliphatic carbocycles. The van der Waals surface area contributed by atoms with E-state index in [1.165, 1.54) is 18.4 Å². The first-order chi connectivity index (χ1) is 13.2. The maximum Gasteiger partial charge on any atom is 0.343 e. The van der Waals surface area contributed by atoms with Crippen molar-refractivity contribution in [1.29, 1.82) is 0 Å². The number of carbonyl (C=O) groups excluding carboxylic acids is 1. The quantitative estimate of drug-likeness (QED) is 0.269. The molecule has 3 aromatic carbocycles. The number of hydrogen-bond donors (Lipinski definition) is 1. The van der Waals surface area contributed by atoms with Gasteiger partial charge in [-0.1, -0.05) is 55.3 Å². The third kappa shape index (κ3) is 6.18. The summed E-state index contributed by atoms with van der Waals surface area (Å²) in [4.78, 5) is 12.3. The number of benzene rings is 3. The standard InChI is InChI=1S/C24H27NO2.BrH/c1-3-4-14-25-15-13-19-7-10-22-17-23(12-11-21(22)16-19)27-24(26)20-8-5-18(2)6-9-20;/h5-12,16-17,25H,3-4,13-15H2,1-2H3;1H. The maximum absolute atomic E-state index is 12.3. The number of hydrogen-bond acceptors (Lipinski definition) is 3. The third-order valence-electron chi connectivity index (χ3n) is 4.67. The molecule has 4 heteroatoms. The van der Waals surface area contributed by atoms with Gasteiger partial charge in [0.15, 0.2) is 0 Å². The molecule has 0 aliphatic rings. The van der Waals surface area contributed by atoms with Crippen molar-refractivity contribution in [1.82, 2.24) is 5.32 Å². The van der Waals surface area contributed by atoms with Gasteiger partial charge in [0.2, 0.25) is 0 Å². The van der Waals surface area contributed by atoms with Crippen molar-refractivity contribution in [2.75, 3.05) is 13.1 Å². The van der Waals surface area contributed by atoms with Gasteiger partial charge in [-0.05, 0) is 73.5 Å². The zero-order valence-corrected chi connectivity index (χ0v) is 18.2. The maximum atomic E-state index is 12.3. The van der Waals surface area contributed by atoms with Gasteiger partial charge in [-0.3, -0.25) is 0 Å². The first-order valence-electron chi connectivity index (χ1n) is 9.68. The molecule has 0 amide bonds. The van der Waals surface area contributed by atoms with E-state index in [1.807, 2.05) is 37.3 Å². The second-order valence-electron chi connectivity index (χ2n) is 6.95. The number of fused-ring (bicyclic) bond motifs is 1. The smallest absolute Gasteiger partial charge is 0.343 e. The van der Waals surface area contributed by atoms with Gasteiger partial charge in [-0.15, -0.1) is 17.0 Å². The van der Waals surface area contributed by atoms with E-state index in [2.05, 4.69) is 30.4 Å². The van der Waals surface area contributed by atoms with Gasteiger partial charge in [0, 0.05) is 0 Å². The zero-order valence-electron chi connectivity index (χ0n) is 16.5. The van der Waals surface area contributed by atoms with Crippen LogP contribution in [-0.2, 0) is 6.42 Å². The SMILES string of the molecule is Br.CCCCNCCc1ccc2cc(OC(=O)c3ccc(C)cc3)ccc2c1. The van der Waals surface area contributed by atoms with Crippen LogP contribution < -0.4 is 10.1 Å². The van der Waals surface area contributed by atoms with Crippen molar-refractivity contribution < 1.29 is 9.53 Å². The molecule has 3 nitrogen and oxygen atoms in total. The summed E-state index contributed by atoms with van der Waals surface area (Å²) < 4.78 is 5.53. The van der Waals surface area contributed by atoms with E-state index in [0.29, 0.717) is 11.3 Å². The molecule has 0 atom stereocenters. The summed E-state index contributed by atoms with van der Waals surface area (Å²) in [6.07, 6.45) is 3.46. The van der Waals surface area contributed by atoms with Crippen LogP contribution in [-0.4, -0.2) is 19.1 Å². The number of carbonyl (C=O) groups is 1. The average molecular weight is 442 g/mol. The molecule has 3 rings (SSSR count). The summed E-state index contributed by atoms with van der Waals surface area (Å²) in [6.45, 7) is 6.28. The van der Waals surface area contributed by atoms with Gasteiger partial charge in [-0.25, -0.2) is 4.79 Å². The molecular weight excluding hydrogens is 414 g/mol. The highest BCUT2D eigenvalue weighted by Gasteiger charge is 2.09. The van der Waals surface area contributed by atoms with E-state index < -0.39 is 0 Å². The molecule has 0 radical (unpaired) electrons. The highest BCUT2D eigenvalue weighted by atomic mass is 79.9. The van der Waals surface area contributed by atoms with Crippen LogP contribution in [0.5, 0.6) is 5.75 Å². The molecule has 28 heavy (non-hydrogen) atoms. The van der Waals surface area contributed by atoms with Crippen molar-refractivity contribution in [2.45, 2.75) is 33.1 Å². The van der Waals surface area contributed by atoms with Crippen LogP contribution in [0.1, 0.15) is 41.3 Å². The van der Waals surface area contributed by atoms with Crippen LogP contribution in [0.2, 0.25) is 0 Å². The topological polar surface area (TPSA) is 38.3 Å². The van der Waals surface area contributed by atoms with Gasteiger partial charge in [0.25, 0.3) is 0 Å². The lowest BCUT2D eigenvalue weighted by molar-refractivity contribution is 0.0735. The minimum Gasteiger partial charge on any atom is -0.423 e. The molecule has 0 bridgehead atoms. The van der Waals surface area contributed by atoms with Gasteiger partial charge in [-0.2, -0.15) is 0 Å². The van der Waals surface area contributed by atoms with E-state index in [-0.39, 0.29) is 23.0 Å². The lowest BCUT2D eigenvalue weighted by Gasteiger charge is -2.08. The second-order valence-corrected chi connectivity index (χ2v) is 6.95. The summed E-state index contributed by atoms with van der Waals surface area (Å²) in [5.74, 6) is 0.242. The summed E-state index contributed by atoms with van der Waals surface area (Å²) >= 11 is 0. The highest BCUT2D eigenvalue weighted by molar-refractivity contribution is 8.93. The first kappa shape index (κ1) is 22.1. The Morgan fingerprint density at radius 2 is 1.64 bits per heavy atom. The van der Waals surface area contributed by atoms with Crippen LogP contribution in [0.25, 0.3) is 10.8 Å². The molecular formula is C24H28BrNO2. The molecule has 0 saturated heterocycles. The highest BCUT2D eigenvalue weighted by Crippen LogP contribution is 2.23. The number of ether oxygens (including phenoxy) is 1. The molecule has 0 unspecified atom stereocenters. The number of halogens is 1. The van der Waals surface area contributed by atoms with Gasteiger partial charge < -0.3 is 10.1 Å². The molecule has 0 saturated carbocycles. The molecule has 0 aliphatic heterocycles. The summed E-state index contributed by atoms with van der Waals surface area (Å²) in [6, 6.07) is 19.7. The molecule has 148 valence electrons. The van der Waals surface area contributed by atoms with Crippen molar-refractivity contribution in [3.8, 4) is 5.75 Å². The summed E-state index contributed by atoms with van der Waals surface area (Å²) in [7, 11) is 0. The Morgan fingerprint density at radius 3 is 2.39 bits per heavy atom. The number of esters is 1. The fraction of sp³-hybridized carbons (Fsp3) is 0.292. The Kier molecular flexibility index (Phi) is 8.68. The van der Waals surface area contributed by atoms with Crippen molar-refractivity contribution in [3.63, 3.8) is 0 Å². The van der Waals surface area contributed by atoms with Crippen LogP contribution in [0.3, 0.4) is 0 Å². The summed E-state index contributed by atoms with van der Waals surface area (Å²) in [5.41, 5.74) is 3.00. The Hall–Kier alpha value is -2.17. The van der Waals surface area contributed by atoms with Crippen molar-refractivity contribution >= 4 is 33.7 Å². The number of aryl methyl sites for hydroxylation is 1. The molecule has 0 aromatic heterocycles. The number of nitrogens with one attached hydrogen (secondary N) is 1. The van der Waals surface area contributed by atoms with Gasteiger partial charge in [0.1, 0.15) is 5.75 Å². The molecule has 1 N–H and O–H groups in total. The lowest BCUT2D eigenvalue weighted by Crippen LogP contribution is -2.18. The Bertz CT molecular complexity index is 906. The monoisotopic (exact) mass is 441 g/mol. The lowest BCUT2D eigenvalue weighted by atomic mass is 10.0. The average Bonchev–Trinajstić information content (AvgIpc) is 2.68. The van der Waals surface area contributed by atoms with E-state index in [0.717, 1.165) is 35.8 Å². The Balaban J connectivity index is 0.00000280. The predicted octanol–water partition coefficient (Wildman–Crippen LogP) is 5.88. The fourth-order valence-electron chi connectivity index (χ4n) is 3.01. The normalized spacial score (nSPS) is 10.5. The predicted molar refractivity (Wildman–Crippen MR) is 122 cm³/mol. The van der Waals surface area contributed by atoms with Crippen molar-refractivity contribution in [2.24, 2.45) is 0 Å². The van der Waals surface area contributed by atoms with Crippen LogP contribution in [0.15, 0.2) is 60.7 Å². The zero-order chi connectivity index (χ0) is 19.1. The van der Waals surface area contributed by atoms with E-state index in [1.54, 1.807) is 12.1 Å². The van der Waals surface area contributed by atoms with E-state index in [4.69, 9.17) is 4.74 Å². The number of rotatable bonds is 8. The molecule has 3 aromatic rings. The molecule has 0 spiro atoms. The van der Waals surface area contributed by atoms with Crippen LogP contribution in [0, 0.1) is 6.92 Å². The van der Waals surface area contributed by atoms with Crippen LogP contribution in [0.4, 0.5) is 0 Å². The van der Waals surface area contributed by atoms with E-state index >= 15 is 0 Å². The largest absolute Gasteiger partial charge is 0.423 e. The molecule has 0 heterocycles. The van der Waals surface area contributed by atoms with Gasteiger partial charge >= 0.3 is 5.97 Å². The van der Waals surface area contributed by atoms with Crippen molar-refractivity contribution in [3.05, 3.63) is 77.4 Å². The second kappa shape index (κ2) is 11.0. The first-order valence-corrected chi connectivity index (χ1v) is 9.68. The Labute approximate surface area is 177 Å². The van der Waals surface area contributed by atoms with E-state index in [9.17, 15) is 4.79 Å². The van der Waals surface area contributed by atoms with Crippen LogP contribution >= 0.6 is 17.0 Å². The summed E-state index contributed by atoms with van der Waals surface area (Å²) in [5, 5.41) is 5.71. The Morgan fingerprint density at radius 1 is 0.929 bits per heavy atom. The number of unbranched alkanes of at least 4 members (excludes halogenated alkanes) is 1. The molecule has 0 fully saturated rings. The van der Waals surface area contributed by atoms with Gasteiger partial charge in [0.05, 0.1) is 5.56 Å². The fourth-order valence-corrected chi connectivity index (χ4v) is 3.01. The minimum atomic E-state index is -0.330.